The zero-order chi connectivity index (χ0) is 7.56. The smallest absolute Gasteiger partial charge is 0.117 e. The molecule has 0 aliphatic rings. The van der Waals surface area contributed by atoms with Crippen LogP contribution >= 0.6 is 27.5 Å². The van der Waals surface area contributed by atoms with Crippen molar-refractivity contribution in [3.63, 3.8) is 0 Å². The van der Waals surface area contributed by atoms with Gasteiger partial charge >= 0.3 is 0 Å². The molecule has 0 unspecified atom stereocenters. The minimum Gasteiger partial charge on any atom is -0.508 e. The average Bonchev–Trinajstić information content (AvgIpc) is 1.85. The highest BCUT2D eigenvalue weighted by Gasteiger charge is 1.95. The topological polar surface area (TPSA) is 20.2 Å². The molecule has 0 aliphatic heterocycles. The fourth-order valence-electron chi connectivity index (χ4n) is 0.710. The summed E-state index contributed by atoms with van der Waals surface area (Å²) < 4.78 is 0. The zero-order valence-electron chi connectivity index (χ0n) is 5.14. The van der Waals surface area contributed by atoms with Crippen LogP contribution in [0, 0.1) is 0 Å². The maximum absolute atomic E-state index is 9.02. The molecular weight excluding hydrogens is 215 g/mol. The number of hydrogen-bond acceptors (Lipinski definition) is 1. The molecular formula is C7H6BrClO. The van der Waals surface area contributed by atoms with Gasteiger partial charge in [-0.1, -0.05) is 27.5 Å². The standard InChI is InChI=1S/C7H6BrClO/c8-4-5-1-6(9)3-7(10)2-5/h1-3,10H,4H2. The van der Waals surface area contributed by atoms with Crippen molar-refractivity contribution in [3.05, 3.63) is 28.8 Å². The van der Waals surface area contributed by atoms with Gasteiger partial charge in [0.05, 0.1) is 0 Å². The minimum absolute atomic E-state index is 0.210. The Morgan fingerprint density at radius 3 is 2.60 bits per heavy atom. The first-order valence-electron chi connectivity index (χ1n) is 2.77. The third-order valence-corrected chi connectivity index (χ3v) is 1.96. The van der Waals surface area contributed by atoms with Gasteiger partial charge in [-0.25, -0.2) is 0 Å². The van der Waals surface area contributed by atoms with E-state index in [2.05, 4.69) is 15.9 Å². The highest BCUT2D eigenvalue weighted by molar-refractivity contribution is 9.08. The van der Waals surface area contributed by atoms with Crippen LogP contribution < -0.4 is 0 Å². The Morgan fingerprint density at radius 1 is 1.40 bits per heavy atom. The molecule has 0 heterocycles. The van der Waals surface area contributed by atoms with E-state index in [-0.39, 0.29) is 5.75 Å². The number of phenols is 1. The van der Waals surface area contributed by atoms with Crippen molar-refractivity contribution in [1.29, 1.82) is 0 Å². The van der Waals surface area contributed by atoms with Gasteiger partial charge in [-0.2, -0.15) is 0 Å². The summed E-state index contributed by atoms with van der Waals surface area (Å²) >= 11 is 8.90. The lowest BCUT2D eigenvalue weighted by Gasteiger charge is -1.97. The van der Waals surface area contributed by atoms with E-state index in [1.165, 1.54) is 6.07 Å². The predicted molar refractivity (Wildman–Crippen MR) is 45.7 cm³/mol. The predicted octanol–water partition coefficient (Wildman–Crippen LogP) is 2.94. The number of hydrogen-bond donors (Lipinski definition) is 1. The maximum Gasteiger partial charge on any atom is 0.117 e. The van der Waals surface area contributed by atoms with E-state index in [1.54, 1.807) is 12.1 Å². The number of phenolic OH excluding ortho intramolecular Hbond substituents is 1. The fourth-order valence-corrected chi connectivity index (χ4v) is 1.29. The van der Waals surface area contributed by atoms with E-state index in [0.29, 0.717) is 10.4 Å². The quantitative estimate of drug-likeness (QED) is 0.723. The normalized spacial score (nSPS) is 9.80. The molecule has 0 aromatic heterocycles. The summed E-state index contributed by atoms with van der Waals surface area (Å²) in [5.41, 5.74) is 0.977. The highest BCUT2D eigenvalue weighted by atomic mass is 79.9. The van der Waals surface area contributed by atoms with Gasteiger partial charge in [0, 0.05) is 10.4 Å². The molecule has 1 nitrogen and oxygen atoms in total. The Hall–Kier alpha value is -0.210. The number of aromatic hydroxyl groups is 1. The summed E-state index contributed by atoms with van der Waals surface area (Å²) in [6.45, 7) is 0. The molecule has 54 valence electrons. The highest BCUT2D eigenvalue weighted by Crippen LogP contribution is 2.20. The van der Waals surface area contributed by atoms with Gasteiger partial charge in [0.25, 0.3) is 0 Å². The van der Waals surface area contributed by atoms with Crippen LogP contribution in [0.5, 0.6) is 5.75 Å². The second-order valence-electron chi connectivity index (χ2n) is 1.95. The largest absolute Gasteiger partial charge is 0.508 e. The molecule has 0 aliphatic carbocycles. The van der Waals surface area contributed by atoms with Crippen molar-refractivity contribution in [2.75, 3.05) is 0 Å². The molecule has 1 aromatic carbocycles. The molecule has 0 spiro atoms. The monoisotopic (exact) mass is 220 g/mol. The summed E-state index contributed by atoms with van der Waals surface area (Å²) in [6, 6.07) is 4.98. The van der Waals surface area contributed by atoms with Crippen molar-refractivity contribution >= 4 is 27.5 Å². The third-order valence-electron chi connectivity index (χ3n) is 1.10. The molecule has 0 atom stereocenters. The minimum atomic E-state index is 0.210. The lowest BCUT2D eigenvalue weighted by Crippen LogP contribution is -1.75. The van der Waals surface area contributed by atoms with Crippen LogP contribution in [-0.4, -0.2) is 5.11 Å². The van der Waals surface area contributed by atoms with E-state index < -0.39 is 0 Å². The van der Waals surface area contributed by atoms with E-state index >= 15 is 0 Å². The lowest BCUT2D eigenvalue weighted by atomic mass is 10.2. The van der Waals surface area contributed by atoms with Crippen molar-refractivity contribution in [3.8, 4) is 5.75 Å². The number of benzene rings is 1. The Balaban J connectivity index is 3.06. The molecule has 1 N–H and O–H groups in total. The van der Waals surface area contributed by atoms with Crippen molar-refractivity contribution < 1.29 is 5.11 Å². The first kappa shape index (κ1) is 7.89. The summed E-state index contributed by atoms with van der Waals surface area (Å²) in [4.78, 5) is 0. The molecule has 0 radical (unpaired) electrons. The van der Waals surface area contributed by atoms with E-state index in [1.807, 2.05) is 0 Å². The van der Waals surface area contributed by atoms with Crippen LogP contribution in [0.3, 0.4) is 0 Å². The average molecular weight is 221 g/mol. The molecule has 0 fully saturated rings. The van der Waals surface area contributed by atoms with Crippen LogP contribution in [0.2, 0.25) is 5.02 Å². The maximum atomic E-state index is 9.02. The van der Waals surface area contributed by atoms with Gasteiger partial charge in [-0.15, -0.1) is 0 Å². The van der Waals surface area contributed by atoms with Gasteiger partial charge in [0.1, 0.15) is 5.75 Å². The van der Waals surface area contributed by atoms with Crippen molar-refractivity contribution in [1.82, 2.24) is 0 Å². The van der Waals surface area contributed by atoms with Gasteiger partial charge < -0.3 is 5.11 Å². The third kappa shape index (κ3) is 1.89. The SMILES string of the molecule is Oc1cc(Cl)cc(CBr)c1. The molecule has 0 saturated carbocycles. The molecule has 10 heavy (non-hydrogen) atoms. The zero-order valence-corrected chi connectivity index (χ0v) is 7.48. The summed E-state index contributed by atoms with van der Waals surface area (Å²) in [5.74, 6) is 0.210. The van der Waals surface area contributed by atoms with Crippen LogP contribution in [0.4, 0.5) is 0 Å². The van der Waals surface area contributed by atoms with Crippen LogP contribution in [0.25, 0.3) is 0 Å². The second-order valence-corrected chi connectivity index (χ2v) is 2.95. The molecule has 0 amide bonds. The van der Waals surface area contributed by atoms with Gasteiger partial charge in [-0.3, -0.25) is 0 Å². The number of alkyl halides is 1. The summed E-state index contributed by atoms with van der Waals surface area (Å²) in [7, 11) is 0. The first-order valence-corrected chi connectivity index (χ1v) is 4.26. The van der Waals surface area contributed by atoms with Gasteiger partial charge in [-0.05, 0) is 23.8 Å². The van der Waals surface area contributed by atoms with E-state index in [4.69, 9.17) is 16.7 Å². The van der Waals surface area contributed by atoms with Crippen LogP contribution in [0.15, 0.2) is 18.2 Å². The summed E-state index contributed by atoms with van der Waals surface area (Å²) in [5, 5.41) is 10.3. The van der Waals surface area contributed by atoms with Crippen LogP contribution in [-0.2, 0) is 5.33 Å². The van der Waals surface area contributed by atoms with Gasteiger partial charge in [0.15, 0.2) is 0 Å². The lowest BCUT2D eigenvalue weighted by molar-refractivity contribution is 0.475. The molecule has 0 bridgehead atoms. The number of rotatable bonds is 1. The first-order chi connectivity index (χ1) is 4.72. The second kappa shape index (κ2) is 3.26. The van der Waals surface area contributed by atoms with E-state index in [9.17, 15) is 0 Å². The molecule has 0 saturated heterocycles. The van der Waals surface area contributed by atoms with Crippen LogP contribution in [0.1, 0.15) is 5.56 Å². The summed E-state index contributed by atoms with van der Waals surface area (Å²) in [6.07, 6.45) is 0. The number of halogens is 2. The molecule has 1 rings (SSSR count). The Kier molecular flexibility index (Phi) is 2.57. The van der Waals surface area contributed by atoms with Crippen molar-refractivity contribution in [2.24, 2.45) is 0 Å². The fraction of sp³-hybridized carbons (Fsp3) is 0.143. The Morgan fingerprint density at radius 2 is 2.10 bits per heavy atom. The van der Waals surface area contributed by atoms with Gasteiger partial charge in [0.2, 0.25) is 0 Å². The molecule has 3 heteroatoms. The molecule has 1 aromatic rings. The van der Waals surface area contributed by atoms with Crippen molar-refractivity contribution in [2.45, 2.75) is 5.33 Å². The Bertz CT molecular complexity index is 217. The Labute approximate surface area is 72.8 Å². The van der Waals surface area contributed by atoms with E-state index in [0.717, 1.165) is 5.56 Å².